The van der Waals surface area contributed by atoms with Gasteiger partial charge in [-0.05, 0) is 50.3 Å². The van der Waals surface area contributed by atoms with Crippen LogP contribution in [0.25, 0.3) is 0 Å². The van der Waals surface area contributed by atoms with Crippen molar-refractivity contribution in [2.24, 2.45) is 0 Å². The van der Waals surface area contributed by atoms with Crippen LogP contribution in [0.2, 0.25) is 0 Å². The molecule has 2 saturated heterocycles. The third-order valence-corrected chi connectivity index (χ3v) is 7.74. The Morgan fingerprint density at radius 3 is 2.27 bits per heavy atom. The van der Waals surface area contributed by atoms with Crippen molar-refractivity contribution < 1.29 is 27.5 Å². The molecule has 9 heteroatoms. The summed E-state index contributed by atoms with van der Waals surface area (Å²) in [7, 11) is -0.982. The molecule has 2 fully saturated rings. The topological polar surface area (TPSA) is 93.2 Å². The maximum Gasteiger partial charge on any atom is 0.328 e. The number of esters is 1. The summed E-state index contributed by atoms with van der Waals surface area (Å²) in [4.78, 5) is 27.1. The van der Waals surface area contributed by atoms with Gasteiger partial charge in [-0.3, -0.25) is 4.79 Å². The zero-order valence-corrected chi connectivity index (χ0v) is 18.4. The van der Waals surface area contributed by atoms with E-state index >= 15 is 0 Å². The molecule has 3 rings (SSSR count). The predicted molar refractivity (Wildman–Crippen MR) is 111 cm³/mol. The molecule has 8 nitrogen and oxygen atoms in total. The van der Waals surface area contributed by atoms with Gasteiger partial charge in [-0.1, -0.05) is 12.8 Å². The highest BCUT2D eigenvalue weighted by molar-refractivity contribution is 7.89. The summed E-state index contributed by atoms with van der Waals surface area (Å²) < 4.78 is 38.1. The summed E-state index contributed by atoms with van der Waals surface area (Å²) in [5.41, 5.74) is 0.143. The Kier molecular flexibility index (Phi) is 7.36. The van der Waals surface area contributed by atoms with E-state index in [0.29, 0.717) is 26.1 Å². The highest BCUT2D eigenvalue weighted by atomic mass is 32.2. The monoisotopic (exact) mass is 438 g/mol. The number of ether oxygens (including phenoxy) is 2. The molecular formula is C21H30N2O6S. The molecule has 166 valence electrons. The maximum atomic E-state index is 13.4. The van der Waals surface area contributed by atoms with E-state index in [9.17, 15) is 18.0 Å². The average molecular weight is 439 g/mol. The minimum Gasteiger partial charge on any atom is -0.496 e. The number of amides is 1. The zero-order valence-electron chi connectivity index (χ0n) is 17.6. The number of likely N-dealkylation sites (tertiary alicyclic amines) is 1. The normalized spacial score (nSPS) is 21.0. The van der Waals surface area contributed by atoms with E-state index in [0.717, 1.165) is 38.5 Å². The van der Waals surface area contributed by atoms with E-state index < -0.39 is 27.9 Å². The minimum absolute atomic E-state index is 0.0696. The number of sulfonamides is 1. The minimum atomic E-state index is -3.72. The number of rotatable bonds is 5. The van der Waals surface area contributed by atoms with E-state index in [1.807, 2.05) is 0 Å². The fourth-order valence-electron chi connectivity index (χ4n) is 4.16. The van der Waals surface area contributed by atoms with Gasteiger partial charge in [0, 0.05) is 19.6 Å². The van der Waals surface area contributed by atoms with Crippen molar-refractivity contribution in [2.75, 3.05) is 33.9 Å². The van der Waals surface area contributed by atoms with Crippen LogP contribution in [-0.4, -0.2) is 69.4 Å². The first-order valence-corrected chi connectivity index (χ1v) is 11.9. The van der Waals surface area contributed by atoms with Crippen LogP contribution in [0.15, 0.2) is 23.1 Å². The van der Waals surface area contributed by atoms with Gasteiger partial charge in [-0.15, -0.1) is 0 Å². The molecule has 1 atom stereocenters. The van der Waals surface area contributed by atoms with Crippen LogP contribution < -0.4 is 4.74 Å². The maximum absolute atomic E-state index is 13.4. The van der Waals surface area contributed by atoms with E-state index in [4.69, 9.17) is 9.47 Å². The van der Waals surface area contributed by atoms with Crippen molar-refractivity contribution in [3.8, 4) is 5.75 Å². The highest BCUT2D eigenvalue weighted by Gasteiger charge is 2.35. The van der Waals surface area contributed by atoms with E-state index in [-0.39, 0.29) is 16.2 Å². The van der Waals surface area contributed by atoms with Crippen LogP contribution in [0.1, 0.15) is 55.3 Å². The van der Waals surface area contributed by atoms with Crippen LogP contribution in [0.5, 0.6) is 5.75 Å². The lowest BCUT2D eigenvalue weighted by Gasteiger charge is -2.34. The Balaban J connectivity index is 1.96. The number of hydrogen-bond acceptors (Lipinski definition) is 6. The number of carbonyl (C=O) groups excluding carboxylic acids is 2. The quantitative estimate of drug-likeness (QED) is 0.656. The highest BCUT2D eigenvalue weighted by Crippen LogP contribution is 2.29. The predicted octanol–water partition coefficient (Wildman–Crippen LogP) is 2.43. The van der Waals surface area contributed by atoms with E-state index in [2.05, 4.69) is 0 Å². The largest absolute Gasteiger partial charge is 0.496 e. The lowest BCUT2D eigenvalue weighted by molar-refractivity contribution is -0.147. The van der Waals surface area contributed by atoms with Crippen molar-refractivity contribution in [1.29, 1.82) is 0 Å². The molecule has 1 aromatic rings. The Morgan fingerprint density at radius 1 is 0.967 bits per heavy atom. The first-order valence-electron chi connectivity index (χ1n) is 10.5. The van der Waals surface area contributed by atoms with Crippen molar-refractivity contribution in [3.05, 3.63) is 23.8 Å². The van der Waals surface area contributed by atoms with Crippen molar-refractivity contribution >= 4 is 21.9 Å². The Labute approximate surface area is 178 Å². The molecule has 2 aliphatic heterocycles. The van der Waals surface area contributed by atoms with Gasteiger partial charge in [0.25, 0.3) is 5.91 Å². The summed E-state index contributed by atoms with van der Waals surface area (Å²) in [6, 6.07) is 3.69. The lowest BCUT2D eigenvalue weighted by Crippen LogP contribution is -2.48. The van der Waals surface area contributed by atoms with Crippen LogP contribution in [-0.2, 0) is 19.6 Å². The van der Waals surface area contributed by atoms with Gasteiger partial charge in [0.15, 0.2) is 0 Å². The number of hydrogen-bond donors (Lipinski definition) is 0. The van der Waals surface area contributed by atoms with Gasteiger partial charge in [0.05, 0.1) is 24.7 Å². The van der Waals surface area contributed by atoms with Gasteiger partial charge >= 0.3 is 5.97 Å². The Bertz CT molecular complexity index is 877. The molecule has 1 amide bonds. The molecule has 0 spiro atoms. The summed E-state index contributed by atoms with van der Waals surface area (Å²) >= 11 is 0. The molecule has 2 heterocycles. The first-order chi connectivity index (χ1) is 14.4. The molecule has 0 saturated carbocycles. The number of carbonyl (C=O) groups is 2. The molecule has 1 aromatic carbocycles. The van der Waals surface area contributed by atoms with Crippen molar-refractivity contribution in [1.82, 2.24) is 9.21 Å². The molecule has 0 N–H and O–H groups in total. The zero-order chi connectivity index (χ0) is 21.7. The third-order valence-electron chi connectivity index (χ3n) is 5.84. The second kappa shape index (κ2) is 9.78. The summed E-state index contributed by atoms with van der Waals surface area (Å²) in [5, 5.41) is 0. The number of benzene rings is 1. The van der Waals surface area contributed by atoms with Crippen LogP contribution in [0.3, 0.4) is 0 Å². The van der Waals surface area contributed by atoms with E-state index in [1.165, 1.54) is 41.6 Å². The molecule has 1 unspecified atom stereocenters. The second-order valence-electron chi connectivity index (χ2n) is 7.71. The van der Waals surface area contributed by atoms with Crippen LogP contribution in [0.4, 0.5) is 0 Å². The third kappa shape index (κ3) is 4.62. The van der Waals surface area contributed by atoms with Crippen LogP contribution >= 0.6 is 0 Å². The standard InChI is InChI=1S/C21H30N2O6S/c1-28-19-11-10-16(30(26,27)22-12-6-3-4-7-13-22)15-17(19)20(24)23-14-8-5-9-18(23)21(25)29-2/h10-11,15,18H,3-9,12-14H2,1-2H3. The Hall–Kier alpha value is -2.13. The molecule has 2 aliphatic rings. The number of nitrogens with zero attached hydrogens (tertiary/aromatic N) is 2. The molecule has 0 radical (unpaired) electrons. The Morgan fingerprint density at radius 2 is 1.63 bits per heavy atom. The van der Waals surface area contributed by atoms with Gasteiger partial charge < -0.3 is 14.4 Å². The second-order valence-corrected chi connectivity index (χ2v) is 9.65. The summed E-state index contributed by atoms with van der Waals surface area (Å²) in [5.74, 6) is -0.603. The first kappa shape index (κ1) is 22.6. The van der Waals surface area contributed by atoms with E-state index in [1.54, 1.807) is 0 Å². The van der Waals surface area contributed by atoms with Crippen LogP contribution in [0, 0.1) is 0 Å². The summed E-state index contributed by atoms with van der Waals surface area (Å²) in [6.45, 7) is 1.37. The van der Waals surface area contributed by atoms with Gasteiger partial charge in [0.2, 0.25) is 10.0 Å². The van der Waals surface area contributed by atoms with Crippen molar-refractivity contribution in [2.45, 2.75) is 55.9 Å². The van der Waals surface area contributed by atoms with Crippen molar-refractivity contribution in [3.63, 3.8) is 0 Å². The van der Waals surface area contributed by atoms with Gasteiger partial charge in [0.1, 0.15) is 11.8 Å². The molecule has 0 aliphatic carbocycles. The average Bonchev–Trinajstić information content (AvgIpc) is 3.08. The lowest BCUT2D eigenvalue weighted by atomic mass is 10.0. The molecular weight excluding hydrogens is 408 g/mol. The van der Waals surface area contributed by atoms with Gasteiger partial charge in [-0.2, -0.15) is 4.31 Å². The fraction of sp³-hybridized carbons (Fsp3) is 0.619. The van der Waals surface area contributed by atoms with Gasteiger partial charge in [-0.25, -0.2) is 13.2 Å². The number of methoxy groups -OCH3 is 2. The molecule has 0 aromatic heterocycles. The molecule has 0 bridgehead atoms. The smallest absolute Gasteiger partial charge is 0.328 e. The number of piperidine rings is 1. The summed E-state index contributed by atoms with van der Waals surface area (Å²) in [6.07, 6.45) is 5.81. The SMILES string of the molecule is COC(=O)C1CCCCN1C(=O)c1cc(S(=O)(=O)N2CCCCCC2)ccc1OC. The fourth-order valence-corrected chi connectivity index (χ4v) is 5.70. The molecule has 30 heavy (non-hydrogen) atoms.